The molecule has 1 heterocycles. The van der Waals surface area contributed by atoms with Crippen molar-refractivity contribution in [1.82, 2.24) is 0 Å². The third-order valence-corrected chi connectivity index (χ3v) is 5.28. The smallest absolute Gasteiger partial charge is 0.178 e. The highest BCUT2D eigenvalue weighted by Gasteiger charge is 2.22. The van der Waals surface area contributed by atoms with Crippen molar-refractivity contribution in [2.24, 2.45) is 0 Å². The molecular weight excluding hydrogens is 250 g/mol. The van der Waals surface area contributed by atoms with Gasteiger partial charge in [-0.05, 0) is 43.9 Å². The first kappa shape index (κ1) is 13.4. The lowest BCUT2D eigenvalue weighted by molar-refractivity contribution is 0.109. The Labute approximate surface area is 108 Å². The molecule has 18 heavy (non-hydrogen) atoms. The minimum atomic E-state index is -3.26. The lowest BCUT2D eigenvalue weighted by atomic mass is 10.2. The third-order valence-electron chi connectivity index (χ3n) is 3.39. The predicted molar refractivity (Wildman–Crippen MR) is 71.2 cm³/mol. The molecule has 0 bridgehead atoms. The molecule has 0 saturated carbocycles. The van der Waals surface area contributed by atoms with Crippen molar-refractivity contribution < 1.29 is 13.2 Å². The molecule has 1 aromatic rings. The Hall–Kier alpha value is -1.07. The molecule has 1 aromatic carbocycles. The molecule has 0 aromatic heterocycles. The van der Waals surface area contributed by atoms with Gasteiger partial charge in [0.15, 0.2) is 9.84 Å². The van der Waals surface area contributed by atoms with Gasteiger partial charge in [0.1, 0.15) is 0 Å². The van der Waals surface area contributed by atoms with E-state index in [0.717, 1.165) is 19.4 Å². The van der Waals surface area contributed by atoms with E-state index in [-0.39, 0.29) is 11.9 Å². The summed E-state index contributed by atoms with van der Waals surface area (Å²) in [5, 5.41) is 0. The van der Waals surface area contributed by atoms with E-state index < -0.39 is 9.84 Å². The Morgan fingerprint density at radius 1 is 1.44 bits per heavy atom. The molecule has 1 saturated heterocycles. The van der Waals surface area contributed by atoms with Crippen LogP contribution < -0.4 is 5.73 Å². The number of nitrogen functional groups attached to an aromatic ring is 1. The summed E-state index contributed by atoms with van der Waals surface area (Å²) in [6, 6.07) is 5.02. The second-order valence-corrected chi connectivity index (χ2v) is 6.79. The molecule has 0 amide bonds. The van der Waals surface area contributed by atoms with Crippen LogP contribution in [0.1, 0.15) is 24.8 Å². The van der Waals surface area contributed by atoms with Gasteiger partial charge in [0.05, 0.1) is 16.8 Å². The summed E-state index contributed by atoms with van der Waals surface area (Å²) in [5.74, 6) is 0.127. The minimum absolute atomic E-state index is 0.0983. The van der Waals surface area contributed by atoms with Gasteiger partial charge in [0.25, 0.3) is 0 Å². The number of rotatable bonds is 4. The zero-order valence-electron chi connectivity index (χ0n) is 10.6. The van der Waals surface area contributed by atoms with Crippen molar-refractivity contribution in [2.75, 3.05) is 18.1 Å². The standard InChI is InChI=1S/C13H19NO3S/c1-10-12(14)5-2-6-13(10)18(15,16)9-7-11-4-3-8-17-11/h2,5-6,11H,3-4,7-9,14H2,1H3. The molecular formula is C13H19NO3S. The van der Waals surface area contributed by atoms with Crippen LogP contribution in [0.4, 0.5) is 5.69 Å². The number of sulfone groups is 1. The second kappa shape index (κ2) is 5.28. The largest absolute Gasteiger partial charge is 0.398 e. The van der Waals surface area contributed by atoms with Crippen molar-refractivity contribution in [3.63, 3.8) is 0 Å². The van der Waals surface area contributed by atoms with Gasteiger partial charge >= 0.3 is 0 Å². The van der Waals surface area contributed by atoms with Gasteiger partial charge in [-0.1, -0.05) is 6.07 Å². The van der Waals surface area contributed by atoms with Crippen molar-refractivity contribution in [2.45, 2.75) is 37.2 Å². The normalized spacial score (nSPS) is 20.2. The van der Waals surface area contributed by atoms with E-state index in [4.69, 9.17) is 10.5 Å². The van der Waals surface area contributed by atoms with Gasteiger partial charge < -0.3 is 10.5 Å². The van der Waals surface area contributed by atoms with Crippen LogP contribution in [0, 0.1) is 6.92 Å². The molecule has 1 atom stereocenters. The summed E-state index contributed by atoms with van der Waals surface area (Å²) < 4.78 is 30.0. The summed E-state index contributed by atoms with van der Waals surface area (Å²) in [5.41, 5.74) is 6.91. The number of ether oxygens (including phenoxy) is 1. The van der Waals surface area contributed by atoms with Crippen LogP contribution in [0.15, 0.2) is 23.1 Å². The number of anilines is 1. The first-order chi connectivity index (χ1) is 8.50. The fourth-order valence-corrected chi connectivity index (χ4v) is 3.90. The van der Waals surface area contributed by atoms with Crippen LogP contribution in [0.25, 0.3) is 0 Å². The van der Waals surface area contributed by atoms with E-state index in [1.165, 1.54) is 0 Å². The van der Waals surface area contributed by atoms with Gasteiger partial charge in [-0.2, -0.15) is 0 Å². The van der Waals surface area contributed by atoms with Crippen LogP contribution >= 0.6 is 0 Å². The zero-order valence-corrected chi connectivity index (χ0v) is 11.4. The molecule has 5 heteroatoms. The topological polar surface area (TPSA) is 69.4 Å². The van der Waals surface area contributed by atoms with E-state index in [0.29, 0.717) is 22.6 Å². The summed E-state index contributed by atoms with van der Waals surface area (Å²) in [6.45, 7) is 2.50. The molecule has 1 aliphatic heterocycles. The summed E-state index contributed by atoms with van der Waals surface area (Å²) in [6.07, 6.45) is 2.66. The van der Waals surface area contributed by atoms with Gasteiger partial charge in [0.2, 0.25) is 0 Å². The first-order valence-corrected chi connectivity index (χ1v) is 7.85. The molecule has 4 nitrogen and oxygen atoms in total. The molecule has 1 fully saturated rings. The van der Waals surface area contributed by atoms with Gasteiger partial charge in [-0.15, -0.1) is 0 Å². The van der Waals surface area contributed by atoms with Crippen LogP contribution in [0.2, 0.25) is 0 Å². The maximum absolute atomic E-state index is 12.3. The molecule has 0 radical (unpaired) electrons. The Balaban J connectivity index is 2.12. The molecule has 2 rings (SSSR count). The number of nitrogens with two attached hydrogens (primary N) is 1. The molecule has 100 valence electrons. The monoisotopic (exact) mass is 269 g/mol. The average molecular weight is 269 g/mol. The maximum atomic E-state index is 12.3. The molecule has 0 aliphatic carbocycles. The Kier molecular flexibility index (Phi) is 3.92. The first-order valence-electron chi connectivity index (χ1n) is 6.20. The summed E-state index contributed by atoms with van der Waals surface area (Å²) >= 11 is 0. The SMILES string of the molecule is Cc1c(N)cccc1S(=O)(=O)CCC1CCCO1. The number of hydrogen-bond acceptors (Lipinski definition) is 4. The fourth-order valence-electron chi connectivity index (χ4n) is 2.24. The zero-order chi connectivity index (χ0) is 13.2. The lowest BCUT2D eigenvalue weighted by Crippen LogP contribution is -2.15. The molecule has 2 N–H and O–H groups in total. The van der Waals surface area contributed by atoms with Gasteiger partial charge in [-0.3, -0.25) is 0 Å². The minimum Gasteiger partial charge on any atom is -0.398 e. The highest BCUT2D eigenvalue weighted by molar-refractivity contribution is 7.91. The average Bonchev–Trinajstić information content (AvgIpc) is 2.83. The van der Waals surface area contributed by atoms with E-state index in [1.807, 2.05) is 0 Å². The molecule has 1 unspecified atom stereocenters. The lowest BCUT2D eigenvalue weighted by Gasteiger charge is -2.12. The Morgan fingerprint density at radius 3 is 2.89 bits per heavy atom. The van der Waals surface area contributed by atoms with Crippen molar-refractivity contribution in [3.8, 4) is 0 Å². The third kappa shape index (κ3) is 2.84. The van der Waals surface area contributed by atoms with Crippen molar-refractivity contribution in [1.29, 1.82) is 0 Å². The van der Waals surface area contributed by atoms with Crippen molar-refractivity contribution >= 4 is 15.5 Å². The summed E-state index contributed by atoms with van der Waals surface area (Å²) in [4.78, 5) is 0.348. The molecule has 1 aliphatic rings. The predicted octanol–water partition coefficient (Wildman–Crippen LogP) is 1.92. The highest BCUT2D eigenvalue weighted by atomic mass is 32.2. The van der Waals surface area contributed by atoms with E-state index in [2.05, 4.69) is 0 Å². The van der Waals surface area contributed by atoms with Crippen LogP contribution in [-0.2, 0) is 14.6 Å². The highest BCUT2D eigenvalue weighted by Crippen LogP contribution is 2.24. The number of benzene rings is 1. The van der Waals surface area contributed by atoms with Crippen LogP contribution in [-0.4, -0.2) is 26.9 Å². The molecule has 0 spiro atoms. The summed E-state index contributed by atoms with van der Waals surface area (Å²) in [7, 11) is -3.26. The van der Waals surface area contributed by atoms with Gasteiger partial charge in [0, 0.05) is 12.3 Å². The van der Waals surface area contributed by atoms with Crippen LogP contribution in [0.5, 0.6) is 0 Å². The Morgan fingerprint density at radius 2 is 2.22 bits per heavy atom. The van der Waals surface area contributed by atoms with E-state index >= 15 is 0 Å². The fraction of sp³-hybridized carbons (Fsp3) is 0.538. The number of hydrogen-bond donors (Lipinski definition) is 1. The van der Waals surface area contributed by atoms with Crippen molar-refractivity contribution in [3.05, 3.63) is 23.8 Å². The van der Waals surface area contributed by atoms with E-state index in [1.54, 1.807) is 25.1 Å². The van der Waals surface area contributed by atoms with Gasteiger partial charge in [-0.25, -0.2) is 8.42 Å². The quantitative estimate of drug-likeness (QED) is 0.848. The van der Waals surface area contributed by atoms with E-state index in [9.17, 15) is 8.42 Å². The second-order valence-electron chi connectivity index (χ2n) is 4.71. The maximum Gasteiger partial charge on any atom is 0.178 e. The Bertz CT molecular complexity index is 519. The van der Waals surface area contributed by atoms with Crippen LogP contribution in [0.3, 0.4) is 0 Å².